The van der Waals surface area contributed by atoms with Gasteiger partial charge in [0, 0.05) is 12.8 Å². The smallest absolute Gasteiger partial charge is 0.308 e. The Balaban J connectivity index is 1.37. The highest BCUT2D eigenvalue weighted by atomic mass is 16.6. The second kappa shape index (κ2) is 7.22. The summed E-state index contributed by atoms with van der Waals surface area (Å²) >= 11 is 0. The maximum Gasteiger partial charge on any atom is 0.308 e. The first-order chi connectivity index (χ1) is 10.7. The van der Waals surface area contributed by atoms with Crippen LogP contribution in [0.1, 0.15) is 24.8 Å². The third kappa shape index (κ3) is 3.85. The third-order valence-corrected chi connectivity index (χ3v) is 4.18. The summed E-state index contributed by atoms with van der Waals surface area (Å²) in [7, 11) is 1.40. The lowest BCUT2D eigenvalue weighted by atomic mass is 10.1. The molecule has 0 N–H and O–H groups in total. The fourth-order valence-corrected chi connectivity index (χ4v) is 3.10. The van der Waals surface area contributed by atoms with E-state index in [9.17, 15) is 4.79 Å². The number of rotatable bonds is 6. The average molecular weight is 306 g/mol. The number of ether oxygens (including phenoxy) is 4. The van der Waals surface area contributed by atoms with Crippen LogP contribution in [0.2, 0.25) is 0 Å². The molecule has 3 rings (SSSR count). The van der Waals surface area contributed by atoms with E-state index in [0.29, 0.717) is 19.6 Å². The molecule has 1 aromatic carbocycles. The molecule has 0 spiro atoms. The summed E-state index contributed by atoms with van der Waals surface area (Å²) in [6, 6.07) is 10.1. The normalized spacial score (nSPS) is 30.2. The van der Waals surface area contributed by atoms with Crippen molar-refractivity contribution in [2.24, 2.45) is 0 Å². The Morgan fingerprint density at radius 3 is 2.55 bits per heavy atom. The van der Waals surface area contributed by atoms with Crippen LogP contribution in [0, 0.1) is 0 Å². The highest BCUT2D eigenvalue weighted by molar-refractivity contribution is 5.69. The predicted molar refractivity (Wildman–Crippen MR) is 79.3 cm³/mol. The Morgan fingerprint density at radius 2 is 1.82 bits per heavy atom. The van der Waals surface area contributed by atoms with Crippen molar-refractivity contribution in [1.29, 1.82) is 0 Å². The highest BCUT2D eigenvalue weighted by Gasteiger charge is 2.44. The molecule has 5 nitrogen and oxygen atoms in total. The van der Waals surface area contributed by atoms with Crippen molar-refractivity contribution in [3.05, 3.63) is 35.9 Å². The average Bonchev–Trinajstić information content (AvgIpc) is 3.06. The number of hydrogen-bond donors (Lipinski definition) is 0. The van der Waals surface area contributed by atoms with Crippen molar-refractivity contribution < 1.29 is 23.7 Å². The number of hydrogen-bond acceptors (Lipinski definition) is 5. The van der Waals surface area contributed by atoms with Gasteiger partial charge in [0.1, 0.15) is 0 Å². The minimum absolute atomic E-state index is 0.0753. The van der Waals surface area contributed by atoms with Crippen molar-refractivity contribution in [1.82, 2.24) is 0 Å². The summed E-state index contributed by atoms with van der Waals surface area (Å²) in [6.45, 7) is 1.18. The highest BCUT2D eigenvalue weighted by Crippen LogP contribution is 2.35. The molecule has 0 unspecified atom stereocenters. The maximum absolute atomic E-state index is 11.3. The number of carbonyl (C=O) groups is 1. The fourth-order valence-electron chi connectivity index (χ4n) is 3.10. The first-order valence-corrected chi connectivity index (χ1v) is 7.74. The van der Waals surface area contributed by atoms with Crippen LogP contribution >= 0.6 is 0 Å². The lowest BCUT2D eigenvalue weighted by molar-refractivity contribution is -0.143. The van der Waals surface area contributed by atoms with Gasteiger partial charge in [-0.15, -0.1) is 0 Å². The molecule has 2 heterocycles. The number of benzene rings is 1. The van der Waals surface area contributed by atoms with Gasteiger partial charge in [0.05, 0.1) is 51.2 Å². The van der Waals surface area contributed by atoms with Crippen LogP contribution < -0.4 is 0 Å². The molecule has 0 aromatic heterocycles. The van der Waals surface area contributed by atoms with E-state index < -0.39 is 0 Å². The van der Waals surface area contributed by atoms with Crippen LogP contribution in [-0.4, -0.2) is 44.1 Å². The molecule has 120 valence electrons. The molecule has 22 heavy (non-hydrogen) atoms. The molecule has 5 heteroatoms. The summed E-state index contributed by atoms with van der Waals surface area (Å²) in [4.78, 5) is 11.3. The van der Waals surface area contributed by atoms with E-state index in [-0.39, 0.29) is 30.4 Å². The van der Waals surface area contributed by atoms with Gasteiger partial charge in [0.25, 0.3) is 0 Å². The van der Waals surface area contributed by atoms with Gasteiger partial charge in [-0.2, -0.15) is 0 Å². The van der Waals surface area contributed by atoms with E-state index >= 15 is 0 Å². The van der Waals surface area contributed by atoms with Crippen molar-refractivity contribution >= 4 is 5.97 Å². The van der Waals surface area contributed by atoms with Crippen LogP contribution in [0.25, 0.3) is 0 Å². The van der Waals surface area contributed by atoms with Crippen LogP contribution in [0.15, 0.2) is 30.3 Å². The Kier molecular flexibility index (Phi) is 5.08. The minimum atomic E-state index is -0.229. The number of fused-ring (bicyclic) bond motifs is 1. The van der Waals surface area contributed by atoms with Crippen molar-refractivity contribution in [3.63, 3.8) is 0 Å². The van der Waals surface area contributed by atoms with Crippen LogP contribution in [-0.2, 0) is 30.3 Å². The van der Waals surface area contributed by atoms with Crippen LogP contribution in [0.5, 0.6) is 0 Å². The lowest BCUT2D eigenvalue weighted by Crippen LogP contribution is -2.20. The van der Waals surface area contributed by atoms with Gasteiger partial charge in [-0.25, -0.2) is 0 Å². The van der Waals surface area contributed by atoms with E-state index in [0.717, 1.165) is 18.4 Å². The maximum atomic E-state index is 11.3. The standard InChI is InChI=1S/C17H22O5/c1-19-17(18)9-13-7-15-16(21-13)8-14(22-15)11-20-10-12-5-3-2-4-6-12/h2-6,13-16H,7-11H2,1H3/t13-,14+,15+,16+/m0/s1. The molecule has 0 bridgehead atoms. The van der Waals surface area contributed by atoms with Gasteiger partial charge in [-0.3, -0.25) is 4.79 Å². The molecule has 2 aliphatic rings. The second-order valence-corrected chi connectivity index (χ2v) is 5.85. The van der Waals surface area contributed by atoms with Gasteiger partial charge < -0.3 is 18.9 Å². The fraction of sp³-hybridized carbons (Fsp3) is 0.588. The number of carbonyl (C=O) groups excluding carboxylic acids is 1. The van der Waals surface area contributed by atoms with E-state index in [4.69, 9.17) is 14.2 Å². The Hall–Kier alpha value is -1.43. The predicted octanol–water partition coefficient (Wildman–Crippen LogP) is 2.08. The van der Waals surface area contributed by atoms with E-state index in [2.05, 4.69) is 4.74 Å². The molecule has 1 aromatic rings. The van der Waals surface area contributed by atoms with Gasteiger partial charge >= 0.3 is 5.97 Å². The van der Waals surface area contributed by atoms with Crippen molar-refractivity contribution in [2.45, 2.75) is 50.3 Å². The second-order valence-electron chi connectivity index (χ2n) is 5.85. The molecule has 0 aliphatic carbocycles. The molecule has 2 saturated heterocycles. The van der Waals surface area contributed by atoms with Crippen LogP contribution in [0.4, 0.5) is 0 Å². The Morgan fingerprint density at radius 1 is 1.14 bits per heavy atom. The lowest BCUT2D eigenvalue weighted by Gasteiger charge is -2.15. The summed E-state index contributed by atoms with van der Waals surface area (Å²) < 4.78 is 22.2. The minimum Gasteiger partial charge on any atom is -0.469 e. The largest absolute Gasteiger partial charge is 0.469 e. The van der Waals surface area contributed by atoms with Crippen LogP contribution in [0.3, 0.4) is 0 Å². The first-order valence-electron chi connectivity index (χ1n) is 7.74. The zero-order valence-electron chi connectivity index (χ0n) is 12.8. The molecule has 2 aliphatic heterocycles. The molecule has 0 radical (unpaired) electrons. The van der Waals surface area contributed by atoms with E-state index in [1.807, 2.05) is 30.3 Å². The molecule has 2 fully saturated rings. The van der Waals surface area contributed by atoms with E-state index in [1.54, 1.807) is 0 Å². The summed E-state index contributed by atoms with van der Waals surface area (Å²) in [6.07, 6.45) is 2.07. The van der Waals surface area contributed by atoms with Gasteiger partial charge in [0.2, 0.25) is 0 Å². The van der Waals surface area contributed by atoms with Gasteiger partial charge in [-0.05, 0) is 5.56 Å². The van der Waals surface area contributed by atoms with E-state index in [1.165, 1.54) is 7.11 Å². The Bertz CT molecular complexity index is 475. The summed E-state index contributed by atoms with van der Waals surface area (Å²) in [5, 5.41) is 0. The topological polar surface area (TPSA) is 54.0 Å². The molecular weight excluding hydrogens is 284 g/mol. The zero-order valence-corrected chi connectivity index (χ0v) is 12.8. The molecule has 0 amide bonds. The monoisotopic (exact) mass is 306 g/mol. The number of methoxy groups -OCH3 is 1. The van der Waals surface area contributed by atoms with Gasteiger partial charge in [0.15, 0.2) is 0 Å². The Labute approximate surface area is 130 Å². The molecule has 0 saturated carbocycles. The summed E-state index contributed by atoms with van der Waals surface area (Å²) in [5.41, 5.74) is 1.16. The van der Waals surface area contributed by atoms with Crippen molar-refractivity contribution in [2.75, 3.05) is 13.7 Å². The first kappa shape index (κ1) is 15.5. The zero-order chi connectivity index (χ0) is 15.4. The van der Waals surface area contributed by atoms with Gasteiger partial charge in [-0.1, -0.05) is 30.3 Å². The SMILES string of the molecule is COC(=O)C[C@@H]1C[C@H]2O[C@@H](COCc3ccccc3)C[C@H]2O1. The van der Waals surface area contributed by atoms with Crippen molar-refractivity contribution in [3.8, 4) is 0 Å². The molecule has 4 atom stereocenters. The number of esters is 1. The summed E-state index contributed by atoms with van der Waals surface area (Å²) in [5.74, 6) is -0.229. The quantitative estimate of drug-likeness (QED) is 0.753. The molecular formula is C17H22O5. The third-order valence-electron chi connectivity index (χ3n) is 4.18.